The summed E-state index contributed by atoms with van der Waals surface area (Å²) in [5, 5.41) is 0. The topological polar surface area (TPSA) is 31.2 Å². The molecular weight excluding hydrogens is 254 g/mol. The number of hydrogen-bond acceptors (Lipinski definition) is 2. The Morgan fingerprint density at radius 2 is 1.58 bits per heavy atom. The lowest BCUT2D eigenvalue weighted by molar-refractivity contribution is 0.0601. The average Bonchev–Trinajstić information content (AvgIpc) is 2.77. The molecule has 0 saturated heterocycles. The van der Waals surface area contributed by atoms with Gasteiger partial charge in [0.2, 0.25) is 0 Å². The first-order chi connectivity index (χ1) is 8.78. The van der Waals surface area contributed by atoms with Crippen molar-refractivity contribution in [2.75, 3.05) is 7.11 Å². The van der Waals surface area contributed by atoms with E-state index in [0.717, 1.165) is 0 Å². The second-order valence-corrected chi connectivity index (χ2v) is 11.9. The molecule has 0 aliphatic carbocycles. The van der Waals surface area contributed by atoms with Gasteiger partial charge in [-0.2, -0.15) is 0 Å². The molecular formula is C15H27NO2Si. The molecule has 1 heterocycles. The summed E-state index contributed by atoms with van der Waals surface area (Å²) in [4.78, 5) is 11.6. The van der Waals surface area contributed by atoms with E-state index in [1.807, 2.05) is 12.3 Å². The zero-order valence-corrected chi connectivity index (χ0v) is 14.2. The van der Waals surface area contributed by atoms with Crippen molar-refractivity contribution < 1.29 is 9.53 Å². The van der Waals surface area contributed by atoms with Crippen molar-refractivity contribution >= 4 is 14.2 Å². The van der Waals surface area contributed by atoms with Gasteiger partial charge in [-0.25, -0.2) is 4.79 Å². The Kier molecular flexibility index (Phi) is 5.02. The van der Waals surface area contributed by atoms with Crippen molar-refractivity contribution in [2.24, 2.45) is 0 Å². The van der Waals surface area contributed by atoms with Gasteiger partial charge in [0, 0.05) is 6.20 Å². The molecule has 1 aromatic rings. The van der Waals surface area contributed by atoms with Crippen LogP contribution in [0.1, 0.15) is 51.9 Å². The van der Waals surface area contributed by atoms with Gasteiger partial charge in [-0.1, -0.05) is 41.5 Å². The summed E-state index contributed by atoms with van der Waals surface area (Å²) < 4.78 is 7.15. The zero-order valence-electron chi connectivity index (χ0n) is 13.2. The van der Waals surface area contributed by atoms with Crippen molar-refractivity contribution in [3.63, 3.8) is 0 Å². The molecule has 0 amide bonds. The molecule has 0 N–H and O–H groups in total. The molecule has 1 rings (SSSR count). The van der Waals surface area contributed by atoms with Crippen LogP contribution >= 0.6 is 0 Å². The summed E-state index contributed by atoms with van der Waals surface area (Å²) in [5.41, 5.74) is 2.50. The molecule has 3 nitrogen and oxygen atoms in total. The van der Waals surface area contributed by atoms with Crippen LogP contribution in [-0.4, -0.2) is 25.5 Å². The first-order valence-corrected chi connectivity index (χ1v) is 9.23. The van der Waals surface area contributed by atoms with Crippen molar-refractivity contribution in [1.82, 2.24) is 4.23 Å². The fourth-order valence-electron chi connectivity index (χ4n) is 3.77. The van der Waals surface area contributed by atoms with Gasteiger partial charge in [0.05, 0.1) is 12.7 Å². The molecule has 0 saturated carbocycles. The number of methoxy groups -OCH3 is 1. The summed E-state index contributed by atoms with van der Waals surface area (Å²) >= 11 is 0. The largest absolute Gasteiger partial charge is 0.465 e. The van der Waals surface area contributed by atoms with E-state index in [4.69, 9.17) is 4.74 Å². The monoisotopic (exact) mass is 281 g/mol. The van der Waals surface area contributed by atoms with Crippen LogP contribution in [0.15, 0.2) is 18.5 Å². The molecule has 0 radical (unpaired) electrons. The lowest BCUT2D eigenvalue weighted by atomic mass is 10.3. The Morgan fingerprint density at radius 1 is 1.11 bits per heavy atom. The van der Waals surface area contributed by atoms with E-state index in [1.54, 1.807) is 0 Å². The number of rotatable bonds is 5. The van der Waals surface area contributed by atoms with E-state index >= 15 is 0 Å². The maximum atomic E-state index is 11.6. The van der Waals surface area contributed by atoms with Crippen LogP contribution in [0, 0.1) is 0 Å². The highest BCUT2D eigenvalue weighted by Gasteiger charge is 2.45. The van der Waals surface area contributed by atoms with Gasteiger partial charge in [0.1, 0.15) is 0 Å². The van der Waals surface area contributed by atoms with Crippen molar-refractivity contribution in [2.45, 2.75) is 58.2 Å². The summed E-state index contributed by atoms with van der Waals surface area (Å²) in [6.07, 6.45) is 4.05. The number of aromatic nitrogens is 1. The zero-order chi connectivity index (χ0) is 14.8. The van der Waals surface area contributed by atoms with Crippen molar-refractivity contribution in [3.05, 3.63) is 24.0 Å². The number of hydrogen-bond donors (Lipinski definition) is 0. The van der Waals surface area contributed by atoms with E-state index < -0.39 is 8.24 Å². The van der Waals surface area contributed by atoms with E-state index in [-0.39, 0.29) is 5.97 Å². The predicted molar refractivity (Wildman–Crippen MR) is 82.2 cm³/mol. The van der Waals surface area contributed by atoms with Crippen LogP contribution in [0.3, 0.4) is 0 Å². The number of carbonyl (C=O) groups is 1. The third-order valence-corrected chi connectivity index (χ3v) is 11.1. The van der Waals surface area contributed by atoms with E-state index in [1.165, 1.54) is 7.11 Å². The van der Waals surface area contributed by atoms with Crippen LogP contribution in [-0.2, 0) is 4.74 Å². The van der Waals surface area contributed by atoms with E-state index in [2.05, 4.69) is 52.0 Å². The number of nitrogens with zero attached hydrogens (tertiary/aromatic N) is 1. The van der Waals surface area contributed by atoms with Gasteiger partial charge in [-0.05, 0) is 28.9 Å². The molecule has 108 valence electrons. The smallest absolute Gasteiger partial charge is 0.339 e. The fourth-order valence-corrected chi connectivity index (χ4v) is 10.3. The third kappa shape index (κ3) is 2.64. The van der Waals surface area contributed by atoms with Gasteiger partial charge < -0.3 is 8.97 Å². The van der Waals surface area contributed by atoms with E-state index in [9.17, 15) is 4.79 Å². The first-order valence-electron chi connectivity index (χ1n) is 7.05. The SMILES string of the molecule is COC(=O)c1ccn([Si](C(C)C)(C(C)C)C(C)C)c1. The minimum atomic E-state index is -1.73. The summed E-state index contributed by atoms with van der Waals surface area (Å²) in [6.45, 7) is 13.9. The normalized spacial score (nSPS) is 12.5. The Bertz CT molecular complexity index is 413. The Balaban J connectivity index is 3.33. The van der Waals surface area contributed by atoms with Crippen molar-refractivity contribution in [3.8, 4) is 0 Å². The highest BCUT2D eigenvalue weighted by atomic mass is 28.3. The lowest BCUT2D eigenvalue weighted by Gasteiger charge is -2.44. The Labute approximate surface area is 118 Å². The quantitative estimate of drug-likeness (QED) is 0.595. The maximum absolute atomic E-state index is 11.6. The predicted octanol–water partition coefficient (Wildman–Crippen LogP) is 4.30. The molecule has 1 aromatic heterocycles. The molecule has 0 spiro atoms. The van der Waals surface area contributed by atoms with Crippen LogP contribution in [0.25, 0.3) is 0 Å². The van der Waals surface area contributed by atoms with Gasteiger partial charge in [-0.15, -0.1) is 0 Å². The molecule has 0 unspecified atom stereocenters. The number of carbonyl (C=O) groups excluding carboxylic acids is 1. The molecule has 0 atom stereocenters. The van der Waals surface area contributed by atoms with Gasteiger partial charge in [0.25, 0.3) is 0 Å². The van der Waals surface area contributed by atoms with Gasteiger partial charge in [-0.3, -0.25) is 0 Å². The second kappa shape index (κ2) is 5.95. The molecule has 0 bridgehead atoms. The Hall–Kier alpha value is -1.03. The molecule has 19 heavy (non-hydrogen) atoms. The highest BCUT2D eigenvalue weighted by Crippen LogP contribution is 2.42. The minimum absolute atomic E-state index is 0.252. The van der Waals surface area contributed by atoms with Crippen LogP contribution < -0.4 is 0 Å². The van der Waals surface area contributed by atoms with Crippen LogP contribution in [0.5, 0.6) is 0 Å². The number of ether oxygens (including phenoxy) is 1. The van der Waals surface area contributed by atoms with Crippen molar-refractivity contribution in [1.29, 1.82) is 0 Å². The minimum Gasteiger partial charge on any atom is -0.465 e. The standard InChI is InChI=1S/C15H27NO2Si/c1-11(2)19(12(3)4,13(5)6)16-9-8-14(10-16)15(17)18-7/h8-13H,1-7H3. The molecule has 0 fully saturated rings. The van der Waals surface area contributed by atoms with Gasteiger partial charge >= 0.3 is 5.97 Å². The summed E-state index contributed by atoms with van der Waals surface area (Å²) in [5.74, 6) is -0.252. The fraction of sp³-hybridized carbons (Fsp3) is 0.667. The third-order valence-electron chi connectivity index (χ3n) is 4.34. The Morgan fingerprint density at radius 3 is 1.95 bits per heavy atom. The lowest BCUT2D eigenvalue weighted by Crippen LogP contribution is -2.51. The molecule has 0 aromatic carbocycles. The molecule has 0 aliphatic heterocycles. The average molecular weight is 281 g/mol. The first kappa shape index (κ1) is 16.0. The molecule has 4 heteroatoms. The molecule has 0 aliphatic rings. The highest BCUT2D eigenvalue weighted by molar-refractivity contribution is 6.82. The summed E-state index contributed by atoms with van der Waals surface area (Å²) in [7, 11) is -0.304. The number of esters is 1. The second-order valence-electron chi connectivity index (χ2n) is 6.15. The van der Waals surface area contributed by atoms with Crippen LogP contribution in [0.4, 0.5) is 0 Å². The van der Waals surface area contributed by atoms with Gasteiger partial charge in [0.15, 0.2) is 8.24 Å². The summed E-state index contributed by atoms with van der Waals surface area (Å²) in [6, 6.07) is 1.88. The maximum Gasteiger partial charge on any atom is 0.339 e. The van der Waals surface area contributed by atoms with Crippen LogP contribution in [0.2, 0.25) is 16.6 Å². The van der Waals surface area contributed by atoms with E-state index in [0.29, 0.717) is 22.2 Å².